The zero-order valence-corrected chi connectivity index (χ0v) is 22.4. The van der Waals surface area contributed by atoms with Gasteiger partial charge in [0.15, 0.2) is 11.8 Å². The van der Waals surface area contributed by atoms with Crippen molar-refractivity contribution in [2.24, 2.45) is 27.6 Å². The van der Waals surface area contributed by atoms with Gasteiger partial charge in [-0.2, -0.15) is 0 Å². The van der Waals surface area contributed by atoms with Crippen LogP contribution in [0, 0.1) is 11.8 Å². The van der Waals surface area contributed by atoms with Gasteiger partial charge in [0.05, 0.1) is 36.1 Å². The van der Waals surface area contributed by atoms with Gasteiger partial charge in [-0.3, -0.25) is 19.8 Å². The van der Waals surface area contributed by atoms with Crippen LogP contribution in [0.5, 0.6) is 0 Å². The van der Waals surface area contributed by atoms with Crippen molar-refractivity contribution in [1.82, 2.24) is 19.9 Å². The molecule has 0 spiro atoms. The largest absolute Gasteiger partial charge is 0.509 e. The number of nitrogens with one attached hydrogen (secondary N) is 1. The van der Waals surface area contributed by atoms with E-state index in [2.05, 4.69) is 29.1 Å². The van der Waals surface area contributed by atoms with Gasteiger partial charge in [0.25, 0.3) is 0 Å². The number of rotatable bonds is 7. The van der Waals surface area contributed by atoms with E-state index >= 15 is 4.39 Å². The highest BCUT2D eigenvalue weighted by Crippen LogP contribution is 2.31. The number of nitrogens with two attached hydrogens (primary N) is 1. The Morgan fingerprint density at radius 1 is 1.39 bits per heavy atom. The van der Waals surface area contributed by atoms with Crippen LogP contribution in [0.2, 0.25) is 0 Å². The molecule has 10 nitrogen and oxygen atoms in total. The number of methoxy groups -OCH3 is 1. The van der Waals surface area contributed by atoms with Crippen LogP contribution in [0.4, 0.5) is 4.39 Å². The lowest BCUT2D eigenvalue weighted by Gasteiger charge is -2.34. The standard InChI is InChI=1S/C27H36FN7O3/c1-14(2)26(17-7-9-23(37)32-17)35-22(34-25-15(3)21(38-5)10-20(36)24(25)28)8-6-18-27(35)33-19(13-31-18)16(11-29)12-30-4/h6,8,10-15,17,21,24-26,36H,7,9,29H2,1-5H3,(H,32,37). The number of hydrogen-bond donors (Lipinski definition) is 3. The van der Waals surface area contributed by atoms with E-state index in [4.69, 9.17) is 20.4 Å². The van der Waals surface area contributed by atoms with Gasteiger partial charge in [-0.05, 0) is 30.5 Å². The fourth-order valence-corrected chi connectivity index (χ4v) is 5.40. The number of fused-ring (bicyclic) bond motifs is 1. The van der Waals surface area contributed by atoms with Crippen LogP contribution in [0.25, 0.3) is 16.7 Å². The number of carbonyl (C=O) groups excluding carboxylic acids is 1. The number of pyridine rings is 1. The van der Waals surface area contributed by atoms with Crippen LogP contribution in [0.15, 0.2) is 46.3 Å². The molecule has 4 rings (SSSR count). The van der Waals surface area contributed by atoms with Crippen LogP contribution in [-0.2, 0) is 9.53 Å². The van der Waals surface area contributed by atoms with Crippen molar-refractivity contribution >= 4 is 28.9 Å². The second-order valence-electron chi connectivity index (χ2n) is 10.2. The molecular weight excluding hydrogens is 489 g/mol. The van der Waals surface area contributed by atoms with Gasteiger partial charge >= 0.3 is 0 Å². The number of aliphatic imine (C=N–C) groups is 1. The Morgan fingerprint density at radius 2 is 2.16 bits per heavy atom. The highest BCUT2D eigenvalue weighted by Gasteiger charge is 2.39. The number of nitrogens with zero attached hydrogens (tertiary/aromatic N) is 5. The average molecular weight is 526 g/mol. The summed E-state index contributed by atoms with van der Waals surface area (Å²) < 4.78 is 22.8. The van der Waals surface area contributed by atoms with Gasteiger partial charge in [0, 0.05) is 44.5 Å². The second kappa shape index (κ2) is 11.4. The molecule has 4 N–H and O–H groups in total. The van der Waals surface area contributed by atoms with Gasteiger partial charge in [-0.1, -0.05) is 20.8 Å². The van der Waals surface area contributed by atoms with E-state index in [1.165, 1.54) is 19.4 Å². The molecule has 1 saturated heterocycles. The molecule has 0 saturated carbocycles. The minimum absolute atomic E-state index is 0.0121. The maximum Gasteiger partial charge on any atom is 0.220 e. The minimum atomic E-state index is -1.69. The zero-order valence-electron chi connectivity index (χ0n) is 22.4. The summed E-state index contributed by atoms with van der Waals surface area (Å²) in [5.41, 5.74) is 8.55. The first kappa shape index (κ1) is 27.4. The monoisotopic (exact) mass is 525 g/mol. The van der Waals surface area contributed by atoms with Crippen molar-refractivity contribution in [3.8, 4) is 0 Å². The number of hydrogen-bond acceptors (Lipinski definition) is 8. The quantitative estimate of drug-likeness (QED) is 0.475. The van der Waals surface area contributed by atoms with Gasteiger partial charge in [-0.15, -0.1) is 0 Å². The molecule has 1 amide bonds. The summed E-state index contributed by atoms with van der Waals surface area (Å²) in [6.45, 7) is 5.97. The molecule has 6 unspecified atom stereocenters. The summed E-state index contributed by atoms with van der Waals surface area (Å²) in [4.78, 5) is 30.7. The van der Waals surface area contributed by atoms with Crippen LogP contribution >= 0.6 is 0 Å². The molecule has 38 heavy (non-hydrogen) atoms. The lowest BCUT2D eigenvalue weighted by atomic mass is 9.86. The van der Waals surface area contributed by atoms with Crippen LogP contribution in [0.1, 0.15) is 45.3 Å². The Morgan fingerprint density at radius 3 is 2.76 bits per heavy atom. The maximum absolute atomic E-state index is 15.3. The predicted octanol–water partition coefficient (Wildman–Crippen LogP) is 2.62. The Labute approximate surface area is 221 Å². The summed E-state index contributed by atoms with van der Waals surface area (Å²) in [7, 11) is 3.16. The molecule has 204 valence electrons. The van der Waals surface area contributed by atoms with Gasteiger partial charge in [0.1, 0.15) is 16.8 Å². The third-order valence-corrected chi connectivity index (χ3v) is 7.34. The highest BCUT2D eigenvalue weighted by atomic mass is 19.1. The molecule has 1 aliphatic heterocycles. The molecule has 1 aliphatic carbocycles. The summed E-state index contributed by atoms with van der Waals surface area (Å²) >= 11 is 0. The molecule has 2 aliphatic rings. The molecule has 11 heteroatoms. The normalized spacial score (nSPS) is 27.8. The van der Waals surface area contributed by atoms with Crippen LogP contribution < -0.4 is 16.5 Å². The fraction of sp³-hybridized carbons (Fsp3) is 0.519. The van der Waals surface area contributed by atoms with Crippen molar-refractivity contribution in [3.05, 3.63) is 47.5 Å². The third-order valence-electron chi connectivity index (χ3n) is 7.34. The number of ether oxygens (including phenoxy) is 1. The Balaban J connectivity index is 2.01. The molecule has 1 fully saturated rings. The molecule has 0 aromatic carbocycles. The van der Waals surface area contributed by atoms with E-state index in [-0.39, 0.29) is 29.8 Å². The number of alkyl halides is 1. The molecule has 0 radical (unpaired) electrons. The topological polar surface area (TPSA) is 140 Å². The van der Waals surface area contributed by atoms with E-state index < -0.39 is 24.1 Å². The van der Waals surface area contributed by atoms with Crippen molar-refractivity contribution in [1.29, 1.82) is 0 Å². The molecule has 0 bridgehead atoms. The van der Waals surface area contributed by atoms with Crippen molar-refractivity contribution < 1.29 is 19.0 Å². The Bertz CT molecular complexity index is 1350. The number of halogens is 1. The number of carbonyl (C=O) groups is 1. The lowest BCUT2D eigenvalue weighted by molar-refractivity contribution is -0.119. The van der Waals surface area contributed by atoms with Gasteiger partial charge in [0.2, 0.25) is 5.91 Å². The summed E-state index contributed by atoms with van der Waals surface area (Å²) in [6, 6.07) is 2.24. The van der Waals surface area contributed by atoms with Crippen molar-refractivity contribution in [3.63, 3.8) is 0 Å². The van der Waals surface area contributed by atoms with Crippen molar-refractivity contribution in [2.75, 3.05) is 14.2 Å². The zero-order chi connectivity index (χ0) is 27.6. The Hall–Kier alpha value is -3.60. The number of aliphatic hydroxyl groups is 1. The first-order chi connectivity index (χ1) is 18.2. The number of aromatic nitrogens is 3. The third kappa shape index (κ3) is 5.20. The van der Waals surface area contributed by atoms with Crippen molar-refractivity contribution in [2.45, 2.75) is 64.0 Å². The maximum atomic E-state index is 15.3. The van der Waals surface area contributed by atoms with Crippen LogP contribution in [-0.4, -0.2) is 70.3 Å². The fourth-order valence-electron chi connectivity index (χ4n) is 5.40. The Kier molecular flexibility index (Phi) is 8.25. The molecular formula is C27H36FN7O3. The first-order valence-corrected chi connectivity index (χ1v) is 12.8. The minimum Gasteiger partial charge on any atom is -0.509 e. The first-order valence-electron chi connectivity index (χ1n) is 12.8. The number of aliphatic hydroxyl groups excluding tert-OH is 1. The predicted molar refractivity (Wildman–Crippen MR) is 144 cm³/mol. The van der Waals surface area contributed by atoms with E-state index in [9.17, 15) is 9.90 Å². The summed E-state index contributed by atoms with van der Waals surface area (Å²) in [6.07, 6.45) is 4.93. The number of amides is 1. The smallest absolute Gasteiger partial charge is 0.220 e. The van der Waals surface area contributed by atoms with E-state index in [0.29, 0.717) is 40.8 Å². The SMILES string of the molecule is CN=CC(=CN)c1cnc2ccc(=NC3C(F)C(O)=CC(OC)C3C)n(C(C(C)C)C3CCC(=O)N3)c2n1. The molecule has 2 aromatic heterocycles. The van der Waals surface area contributed by atoms with E-state index in [1.807, 2.05) is 11.5 Å². The average Bonchev–Trinajstić information content (AvgIpc) is 3.33. The number of allylic oxidation sites excluding steroid dienone is 1. The molecule has 3 heterocycles. The van der Waals surface area contributed by atoms with Crippen LogP contribution in [0.3, 0.4) is 0 Å². The highest BCUT2D eigenvalue weighted by molar-refractivity contribution is 6.08. The van der Waals surface area contributed by atoms with E-state index in [1.54, 1.807) is 31.6 Å². The molecule has 2 aromatic rings. The van der Waals surface area contributed by atoms with Gasteiger partial charge < -0.3 is 25.5 Å². The summed E-state index contributed by atoms with van der Waals surface area (Å²) in [5.74, 6) is -0.691. The van der Waals surface area contributed by atoms with E-state index in [0.717, 1.165) is 0 Å². The summed E-state index contributed by atoms with van der Waals surface area (Å²) in [5, 5.41) is 13.4. The lowest BCUT2D eigenvalue weighted by Crippen LogP contribution is -2.45. The molecule has 6 atom stereocenters. The van der Waals surface area contributed by atoms with Gasteiger partial charge in [-0.25, -0.2) is 9.37 Å². The second-order valence-corrected chi connectivity index (χ2v) is 10.2.